The van der Waals surface area contributed by atoms with E-state index in [1.54, 1.807) is 20.8 Å². The summed E-state index contributed by atoms with van der Waals surface area (Å²) in [5, 5.41) is 15.7. The molecule has 8 nitrogen and oxygen atoms in total. The van der Waals surface area contributed by atoms with Crippen molar-refractivity contribution in [2.24, 2.45) is 0 Å². The lowest BCUT2D eigenvalue weighted by Crippen LogP contribution is -2.27. The van der Waals surface area contributed by atoms with E-state index in [9.17, 15) is 24.1 Å². The molecule has 0 saturated heterocycles. The van der Waals surface area contributed by atoms with Crippen LogP contribution in [0.3, 0.4) is 0 Å². The van der Waals surface area contributed by atoms with E-state index in [-0.39, 0.29) is 22.6 Å². The van der Waals surface area contributed by atoms with Gasteiger partial charge in [-0.2, -0.15) is 0 Å². The number of nitro groups is 1. The van der Waals surface area contributed by atoms with Crippen molar-refractivity contribution in [3.05, 3.63) is 63.5 Å². The zero-order valence-electron chi connectivity index (χ0n) is 15.8. The Bertz CT molecular complexity index is 938. The van der Waals surface area contributed by atoms with Gasteiger partial charge in [0.1, 0.15) is 11.4 Å². The molecule has 0 aliphatic carbocycles. The second kappa shape index (κ2) is 8.03. The van der Waals surface area contributed by atoms with Gasteiger partial charge in [0.2, 0.25) is 0 Å². The summed E-state index contributed by atoms with van der Waals surface area (Å²) in [7, 11) is 0. The third-order valence-electron chi connectivity index (χ3n) is 3.52. The van der Waals surface area contributed by atoms with E-state index in [1.165, 1.54) is 37.3 Å². The number of anilines is 2. The van der Waals surface area contributed by atoms with Crippen LogP contribution in [0, 0.1) is 22.9 Å². The van der Waals surface area contributed by atoms with E-state index in [0.29, 0.717) is 5.56 Å². The Morgan fingerprint density at radius 3 is 2.36 bits per heavy atom. The van der Waals surface area contributed by atoms with Crippen molar-refractivity contribution < 1.29 is 23.6 Å². The number of benzene rings is 2. The quantitative estimate of drug-likeness (QED) is 0.584. The fraction of sp³-hybridized carbons (Fsp3) is 0.263. The summed E-state index contributed by atoms with van der Waals surface area (Å²) in [5.41, 5.74) is -0.312. The number of nitrogens with one attached hydrogen (secondary N) is 2. The van der Waals surface area contributed by atoms with Crippen molar-refractivity contribution in [3.63, 3.8) is 0 Å². The molecule has 2 rings (SSSR count). The fourth-order valence-electron chi connectivity index (χ4n) is 2.32. The molecule has 0 fully saturated rings. The first-order valence-electron chi connectivity index (χ1n) is 8.32. The van der Waals surface area contributed by atoms with Crippen LogP contribution in [0.15, 0.2) is 36.4 Å². The van der Waals surface area contributed by atoms with Gasteiger partial charge in [0, 0.05) is 22.9 Å². The molecule has 2 aromatic rings. The summed E-state index contributed by atoms with van der Waals surface area (Å²) in [6.07, 6.45) is -0.720. The predicted molar refractivity (Wildman–Crippen MR) is 102 cm³/mol. The highest BCUT2D eigenvalue weighted by Crippen LogP contribution is 2.23. The standard InChI is InChI=1S/C19H20FN3O5/c1-11-9-12(5-8-16(11)23(26)27)17(24)22-15-10-13(6-7-14(15)20)21-18(25)28-19(2,3)4/h5-10H,1-4H3,(H,21,25)(H,22,24). The largest absolute Gasteiger partial charge is 0.444 e. The lowest BCUT2D eigenvalue weighted by atomic mass is 10.1. The SMILES string of the molecule is Cc1cc(C(=O)Nc2cc(NC(=O)OC(C)(C)C)ccc2F)ccc1[N+](=O)[O-]. The summed E-state index contributed by atoms with van der Waals surface area (Å²) in [4.78, 5) is 34.5. The normalized spacial score (nSPS) is 10.9. The molecule has 0 unspecified atom stereocenters. The summed E-state index contributed by atoms with van der Waals surface area (Å²) in [6.45, 7) is 6.61. The van der Waals surface area contributed by atoms with Gasteiger partial charge in [-0.1, -0.05) is 0 Å². The summed E-state index contributed by atoms with van der Waals surface area (Å²) >= 11 is 0. The molecule has 2 amide bonds. The Morgan fingerprint density at radius 2 is 1.79 bits per heavy atom. The maximum atomic E-state index is 14.1. The Hall–Kier alpha value is -3.49. The summed E-state index contributed by atoms with van der Waals surface area (Å²) in [6, 6.07) is 7.49. The molecule has 0 aliphatic rings. The minimum atomic E-state index is -0.720. The minimum Gasteiger partial charge on any atom is -0.444 e. The molecule has 148 valence electrons. The Labute approximate surface area is 160 Å². The van der Waals surface area contributed by atoms with E-state index in [4.69, 9.17) is 4.74 Å². The number of ether oxygens (including phenoxy) is 1. The lowest BCUT2D eigenvalue weighted by molar-refractivity contribution is -0.385. The van der Waals surface area contributed by atoms with Crippen molar-refractivity contribution in [2.75, 3.05) is 10.6 Å². The van der Waals surface area contributed by atoms with E-state index in [2.05, 4.69) is 10.6 Å². The van der Waals surface area contributed by atoms with Crippen LogP contribution < -0.4 is 10.6 Å². The molecule has 2 aromatic carbocycles. The molecule has 2 N–H and O–H groups in total. The predicted octanol–water partition coefficient (Wildman–Crippen LogP) is 4.64. The molecular formula is C19H20FN3O5. The van der Waals surface area contributed by atoms with Crippen LogP contribution in [-0.4, -0.2) is 22.5 Å². The second-order valence-corrected chi connectivity index (χ2v) is 7.03. The van der Waals surface area contributed by atoms with Crippen molar-refractivity contribution in [3.8, 4) is 0 Å². The van der Waals surface area contributed by atoms with Gasteiger partial charge in [0.05, 0.1) is 10.6 Å². The van der Waals surface area contributed by atoms with Crippen molar-refractivity contribution in [1.29, 1.82) is 0 Å². The first-order valence-corrected chi connectivity index (χ1v) is 8.32. The third kappa shape index (κ3) is 5.50. The van der Waals surface area contributed by atoms with Gasteiger partial charge in [0.15, 0.2) is 0 Å². The van der Waals surface area contributed by atoms with Gasteiger partial charge in [-0.05, 0) is 58.0 Å². The maximum Gasteiger partial charge on any atom is 0.412 e. The number of halogens is 1. The Morgan fingerprint density at radius 1 is 1.11 bits per heavy atom. The molecule has 0 aromatic heterocycles. The van der Waals surface area contributed by atoms with E-state index in [0.717, 1.165) is 6.07 Å². The average Bonchev–Trinajstić information content (AvgIpc) is 2.55. The highest BCUT2D eigenvalue weighted by molar-refractivity contribution is 6.05. The monoisotopic (exact) mass is 389 g/mol. The van der Waals surface area contributed by atoms with E-state index in [1.807, 2.05) is 0 Å². The fourth-order valence-corrected chi connectivity index (χ4v) is 2.32. The van der Waals surface area contributed by atoms with Gasteiger partial charge in [-0.3, -0.25) is 20.2 Å². The number of nitrogens with zero attached hydrogens (tertiary/aromatic N) is 1. The molecular weight excluding hydrogens is 369 g/mol. The van der Waals surface area contributed by atoms with Crippen LogP contribution in [0.1, 0.15) is 36.7 Å². The number of nitro benzene ring substituents is 1. The topological polar surface area (TPSA) is 111 Å². The van der Waals surface area contributed by atoms with Gasteiger partial charge in [0.25, 0.3) is 11.6 Å². The third-order valence-corrected chi connectivity index (χ3v) is 3.52. The average molecular weight is 389 g/mol. The number of carbonyl (C=O) groups is 2. The second-order valence-electron chi connectivity index (χ2n) is 7.03. The number of rotatable bonds is 4. The smallest absolute Gasteiger partial charge is 0.412 e. The summed E-state index contributed by atoms with van der Waals surface area (Å²) in [5.74, 6) is -1.35. The van der Waals surface area contributed by atoms with E-state index < -0.39 is 28.3 Å². The molecule has 28 heavy (non-hydrogen) atoms. The van der Waals surface area contributed by atoms with E-state index >= 15 is 0 Å². The molecule has 0 spiro atoms. The van der Waals surface area contributed by atoms with Crippen LogP contribution in [0.4, 0.5) is 26.2 Å². The lowest BCUT2D eigenvalue weighted by Gasteiger charge is -2.19. The number of aryl methyl sites for hydroxylation is 1. The van der Waals surface area contributed by atoms with Crippen molar-refractivity contribution >= 4 is 29.1 Å². The van der Waals surface area contributed by atoms with Crippen LogP contribution in [0.5, 0.6) is 0 Å². The number of amides is 2. The van der Waals surface area contributed by atoms with Crippen LogP contribution in [-0.2, 0) is 4.74 Å². The van der Waals surface area contributed by atoms with Gasteiger partial charge >= 0.3 is 6.09 Å². The van der Waals surface area contributed by atoms with Crippen molar-refractivity contribution in [1.82, 2.24) is 0 Å². The van der Waals surface area contributed by atoms with Crippen LogP contribution >= 0.6 is 0 Å². The molecule has 0 aliphatic heterocycles. The maximum absolute atomic E-state index is 14.1. The first-order chi connectivity index (χ1) is 13.0. The molecule has 0 saturated carbocycles. The molecule has 0 bridgehead atoms. The number of hydrogen-bond donors (Lipinski definition) is 2. The Balaban J connectivity index is 2.17. The number of carbonyl (C=O) groups excluding carboxylic acids is 2. The number of hydrogen-bond acceptors (Lipinski definition) is 5. The zero-order chi connectivity index (χ0) is 21.1. The molecule has 0 heterocycles. The highest BCUT2D eigenvalue weighted by atomic mass is 19.1. The van der Waals surface area contributed by atoms with Crippen LogP contribution in [0.25, 0.3) is 0 Å². The zero-order valence-corrected chi connectivity index (χ0v) is 15.8. The summed E-state index contributed by atoms with van der Waals surface area (Å²) < 4.78 is 19.2. The molecule has 9 heteroatoms. The highest BCUT2D eigenvalue weighted by Gasteiger charge is 2.18. The van der Waals surface area contributed by atoms with Gasteiger partial charge in [-0.15, -0.1) is 0 Å². The molecule has 0 radical (unpaired) electrons. The Kier molecular flexibility index (Phi) is 5.97. The van der Waals surface area contributed by atoms with Gasteiger partial charge in [-0.25, -0.2) is 9.18 Å². The first kappa shape index (κ1) is 20.8. The van der Waals surface area contributed by atoms with Crippen LogP contribution in [0.2, 0.25) is 0 Å². The molecule has 0 atom stereocenters. The van der Waals surface area contributed by atoms with Gasteiger partial charge < -0.3 is 10.1 Å². The van der Waals surface area contributed by atoms with Crippen molar-refractivity contribution in [2.45, 2.75) is 33.3 Å². The minimum absolute atomic E-state index is 0.119.